The van der Waals surface area contributed by atoms with E-state index < -0.39 is 5.78 Å². The predicted octanol–water partition coefficient (Wildman–Crippen LogP) is 1.11. The van der Waals surface area contributed by atoms with Crippen LogP contribution in [-0.4, -0.2) is 18.9 Å². The Balaban J connectivity index is 2.52. The van der Waals surface area contributed by atoms with Crippen LogP contribution in [-0.2, 0) is 4.79 Å². The summed E-state index contributed by atoms with van der Waals surface area (Å²) in [7, 11) is 0. The molecule has 0 atom stereocenters. The van der Waals surface area contributed by atoms with E-state index in [1.807, 2.05) is 0 Å². The van der Waals surface area contributed by atoms with Crippen LogP contribution in [0.3, 0.4) is 0 Å². The lowest BCUT2D eigenvalue weighted by atomic mass is 10.0. The van der Waals surface area contributed by atoms with E-state index in [0.29, 0.717) is 28.9 Å². The van der Waals surface area contributed by atoms with Gasteiger partial charge in [-0.15, -0.1) is 0 Å². The highest BCUT2D eigenvalue weighted by atomic mass is 16.7. The molecule has 0 amide bonds. The highest BCUT2D eigenvalue weighted by molar-refractivity contribution is 6.33. The van der Waals surface area contributed by atoms with Crippen LogP contribution in [0.1, 0.15) is 15.9 Å². The van der Waals surface area contributed by atoms with Crippen molar-refractivity contribution in [1.82, 2.24) is 0 Å². The number of rotatable bonds is 2. The first-order valence-electron chi connectivity index (χ1n) is 4.12. The molecule has 4 nitrogen and oxygen atoms in total. The zero-order chi connectivity index (χ0) is 10.1. The molecule has 14 heavy (non-hydrogen) atoms. The third-order valence-corrected chi connectivity index (χ3v) is 2.09. The summed E-state index contributed by atoms with van der Waals surface area (Å²) in [6, 6.07) is 3.23. The van der Waals surface area contributed by atoms with Gasteiger partial charge in [-0.2, -0.15) is 0 Å². The molecule has 0 bridgehead atoms. The van der Waals surface area contributed by atoms with E-state index in [1.165, 1.54) is 6.07 Å². The summed E-state index contributed by atoms with van der Waals surface area (Å²) in [6.45, 7) is 1.91. The second-order valence-electron chi connectivity index (χ2n) is 3.00. The molecule has 1 heterocycles. The maximum atomic E-state index is 11.2. The lowest BCUT2D eigenvalue weighted by molar-refractivity contribution is -0.104. The molecule has 4 heteroatoms. The van der Waals surface area contributed by atoms with Crippen molar-refractivity contribution in [2.24, 2.45) is 0 Å². The van der Waals surface area contributed by atoms with E-state index in [4.69, 9.17) is 9.47 Å². The Hall–Kier alpha value is -1.84. The highest BCUT2D eigenvalue weighted by Gasteiger charge is 2.18. The standard InChI is InChI=1S/C10H8O4/c1-6-2-9-10(14-5-13-9)3-7(6)8(12)4-11/h2-4H,5H2,1H3. The molecule has 72 valence electrons. The molecule has 0 saturated heterocycles. The average molecular weight is 192 g/mol. The molecular formula is C10H8O4. The predicted molar refractivity (Wildman–Crippen MR) is 47.7 cm³/mol. The third-order valence-electron chi connectivity index (χ3n) is 2.09. The van der Waals surface area contributed by atoms with Gasteiger partial charge in [0.1, 0.15) is 0 Å². The van der Waals surface area contributed by atoms with Crippen molar-refractivity contribution in [3.63, 3.8) is 0 Å². The Morgan fingerprint density at radius 1 is 1.36 bits per heavy atom. The number of fused-ring (bicyclic) bond motifs is 1. The van der Waals surface area contributed by atoms with Crippen LogP contribution in [0.15, 0.2) is 12.1 Å². The fraction of sp³-hybridized carbons (Fsp3) is 0.200. The topological polar surface area (TPSA) is 52.6 Å². The third kappa shape index (κ3) is 1.25. The van der Waals surface area contributed by atoms with Gasteiger partial charge in [0.2, 0.25) is 12.6 Å². The van der Waals surface area contributed by atoms with Crippen molar-refractivity contribution in [3.05, 3.63) is 23.3 Å². The first kappa shape index (κ1) is 8.74. The number of carbonyl (C=O) groups excluding carboxylic acids is 2. The van der Waals surface area contributed by atoms with Crippen molar-refractivity contribution in [2.45, 2.75) is 6.92 Å². The van der Waals surface area contributed by atoms with Crippen LogP contribution in [0.2, 0.25) is 0 Å². The van der Waals surface area contributed by atoms with Crippen molar-refractivity contribution < 1.29 is 19.1 Å². The smallest absolute Gasteiger partial charge is 0.231 e. The lowest BCUT2D eigenvalue weighted by Gasteiger charge is -2.02. The molecular weight excluding hydrogens is 184 g/mol. The van der Waals surface area contributed by atoms with Crippen LogP contribution >= 0.6 is 0 Å². The van der Waals surface area contributed by atoms with Crippen LogP contribution < -0.4 is 9.47 Å². The first-order valence-corrected chi connectivity index (χ1v) is 4.12. The van der Waals surface area contributed by atoms with Crippen LogP contribution in [0.4, 0.5) is 0 Å². The van der Waals surface area contributed by atoms with E-state index in [0.717, 1.165) is 0 Å². The zero-order valence-electron chi connectivity index (χ0n) is 7.57. The van der Waals surface area contributed by atoms with Crippen LogP contribution in [0.25, 0.3) is 0 Å². The zero-order valence-corrected chi connectivity index (χ0v) is 7.57. The van der Waals surface area contributed by atoms with E-state index in [1.54, 1.807) is 13.0 Å². The van der Waals surface area contributed by atoms with E-state index >= 15 is 0 Å². The molecule has 0 spiro atoms. The number of hydrogen-bond donors (Lipinski definition) is 0. The van der Waals surface area contributed by atoms with Gasteiger partial charge < -0.3 is 9.47 Å². The van der Waals surface area contributed by atoms with Gasteiger partial charge in [0.15, 0.2) is 17.8 Å². The largest absolute Gasteiger partial charge is 0.454 e. The summed E-state index contributed by atoms with van der Waals surface area (Å²) >= 11 is 0. The summed E-state index contributed by atoms with van der Waals surface area (Å²) in [5, 5.41) is 0. The average Bonchev–Trinajstić information content (AvgIpc) is 2.62. The van der Waals surface area contributed by atoms with Gasteiger partial charge in [-0.25, -0.2) is 0 Å². The lowest BCUT2D eigenvalue weighted by Crippen LogP contribution is -2.02. The molecule has 0 radical (unpaired) electrons. The Labute approximate surface area is 80.4 Å². The normalized spacial score (nSPS) is 12.6. The molecule has 1 aromatic rings. The molecule has 2 rings (SSSR count). The maximum Gasteiger partial charge on any atom is 0.231 e. The van der Waals surface area contributed by atoms with E-state index in [2.05, 4.69) is 0 Å². The van der Waals surface area contributed by atoms with Gasteiger partial charge >= 0.3 is 0 Å². The monoisotopic (exact) mass is 192 g/mol. The minimum atomic E-state index is -0.541. The minimum absolute atomic E-state index is 0.160. The summed E-state index contributed by atoms with van der Waals surface area (Å²) in [6.07, 6.45) is 0.296. The number of aryl methyl sites for hydroxylation is 1. The molecule has 0 aliphatic carbocycles. The quantitative estimate of drug-likeness (QED) is 0.400. The molecule has 0 unspecified atom stereocenters. The Morgan fingerprint density at radius 3 is 2.64 bits per heavy atom. The molecule has 0 aromatic heterocycles. The van der Waals surface area contributed by atoms with Gasteiger partial charge in [0.25, 0.3) is 0 Å². The van der Waals surface area contributed by atoms with Crippen molar-refractivity contribution in [3.8, 4) is 11.5 Å². The number of carbonyl (C=O) groups is 2. The molecule has 1 aliphatic rings. The van der Waals surface area contributed by atoms with E-state index in [-0.39, 0.29) is 6.79 Å². The summed E-state index contributed by atoms with van der Waals surface area (Å²) in [4.78, 5) is 21.5. The van der Waals surface area contributed by atoms with Gasteiger partial charge in [-0.3, -0.25) is 9.59 Å². The fourth-order valence-electron chi connectivity index (χ4n) is 1.37. The molecule has 0 saturated carbocycles. The summed E-state index contributed by atoms with van der Waals surface area (Å²) < 4.78 is 10.2. The van der Waals surface area contributed by atoms with Crippen molar-refractivity contribution >= 4 is 12.1 Å². The van der Waals surface area contributed by atoms with Gasteiger partial charge in [0, 0.05) is 5.56 Å². The van der Waals surface area contributed by atoms with Crippen molar-refractivity contribution in [1.29, 1.82) is 0 Å². The van der Waals surface area contributed by atoms with E-state index in [9.17, 15) is 9.59 Å². The number of hydrogen-bond acceptors (Lipinski definition) is 4. The number of ketones is 1. The number of Topliss-reactive ketones (excluding diaryl/α,β-unsaturated/α-hetero) is 1. The number of ether oxygens (including phenoxy) is 2. The minimum Gasteiger partial charge on any atom is -0.454 e. The summed E-state index contributed by atoms with van der Waals surface area (Å²) in [5.41, 5.74) is 1.08. The molecule has 0 N–H and O–H groups in total. The SMILES string of the molecule is Cc1cc2c(cc1C(=O)C=O)OCO2. The maximum absolute atomic E-state index is 11.2. The Bertz CT molecular complexity index is 409. The fourth-order valence-corrected chi connectivity index (χ4v) is 1.37. The molecule has 1 aliphatic heterocycles. The van der Waals surface area contributed by atoms with Gasteiger partial charge in [-0.05, 0) is 24.6 Å². The first-order chi connectivity index (χ1) is 6.72. The van der Waals surface area contributed by atoms with Crippen molar-refractivity contribution in [2.75, 3.05) is 6.79 Å². The Kier molecular flexibility index (Phi) is 1.96. The molecule has 1 aromatic carbocycles. The Morgan fingerprint density at radius 2 is 2.00 bits per heavy atom. The van der Waals surface area contributed by atoms with Gasteiger partial charge in [-0.1, -0.05) is 0 Å². The summed E-state index contributed by atoms with van der Waals surface area (Å²) in [5.74, 6) is 0.589. The number of aldehydes is 1. The second-order valence-corrected chi connectivity index (χ2v) is 3.00. The number of benzene rings is 1. The molecule has 0 fully saturated rings. The second kappa shape index (κ2) is 3.14. The highest BCUT2D eigenvalue weighted by Crippen LogP contribution is 2.34. The van der Waals surface area contributed by atoms with Gasteiger partial charge in [0.05, 0.1) is 0 Å². The van der Waals surface area contributed by atoms with Crippen LogP contribution in [0.5, 0.6) is 11.5 Å². The van der Waals surface area contributed by atoms with Crippen LogP contribution in [0, 0.1) is 6.92 Å².